The summed E-state index contributed by atoms with van der Waals surface area (Å²) in [5.74, 6) is 1.41. The van der Waals surface area contributed by atoms with Crippen molar-refractivity contribution in [3.8, 4) is 0 Å². The number of nitrogens with zero attached hydrogens (tertiary/aromatic N) is 1. The lowest BCUT2D eigenvalue weighted by Gasteiger charge is -2.29. The Morgan fingerprint density at radius 3 is 3.25 bits per heavy atom. The summed E-state index contributed by atoms with van der Waals surface area (Å²) in [7, 11) is 2.10. The number of carbonyl (C=O) groups is 1. The predicted molar refractivity (Wildman–Crippen MR) is 65.7 cm³/mol. The lowest BCUT2D eigenvalue weighted by molar-refractivity contribution is -0.137. The standard InChI is InChI=1S/C11H19NO3S/c1-3-11(13)15-6-7-16-9-10-8-12(2)4-5-14-10/h3,10H,1,4-9H2,2H3. The molecule has 0 radical (unpaired) electrons. The van der Waals surface area contributed by atoms with Crippen LogP contribution in [0.2, 0.25) is 0 Å². The van der Waals surface area contributed by atoms with Crippen molar-refractivity contribution in [2.75, 3.05) is 44.9 Å². The molecule has 1 aliphatic heterocycles. The van der Waals surface area contributed by atoms with Crippen LogP contribution in [0.5, 0.6) is 0 Å². The van der Waals surface area contributed by atoms with Crippen LogP contribution in [-0.2, 0) is 14.3 Å². The van der Waals surface area contributed by atoms with Crippen LogP contribution in [0.15, 0.2) is 12.7 Å². The van der Waals surface area contributed by atoms with Gasteiger partial charge < -0.3 is 14.4 Å². The Morgan fingerprint density at radius 1 is 1.75 bits per heavy atom. The van der Waals surface area contributed by atoms with Crippen molar-refractivity contribution < 1.29 is 14.3 Å². The number of ether oxygens (including phenoxy) is 2. The molecular weight excluding hydrogens is 226 g/mol. The molecule has 5 heteroatoms. The molecule has 1 aliphatic rings. The van der Waals surface area contributed by atoms with E-state index in [4.69, 9.17) is 9.47 Å². The summed E-state index contributed by atoms with van der Waals surface area (Å²) < 4.78 is 10.5. The monoisotopic (exact) mass is 245 g/mol. The van der Waals surface area contributed by atoms with Crippen molar-refractivity contribution >= 4 is 17.7 Å². The zero-order valence-corrected chi connectivity index (χ0v) is 10.5. The summed E-state index contributed by atoms with van der Waals surface area (Å²) in [6.07, 6.45) is 1.49. The Morgan fingerprint density at radius 2 is 2.56 bits per heavy atom. The topological polar surface area (TPSA) is 38.8 Å². The van der Waals surface area contributed by atoms with Crippen LogP contribution < -0.4 is 0 Å². The van der Waals surface area contributed by atoms with Gasteiger partial charge in [0.2, 0.25) is 0 Å². The maximum absolute atomic E-state index is 10.7. The molecule has 1 rings (SSSR count). The van der Waals surface area contributed by atoms with Gasteiger partial charge in [0, 0.05) is 30.7 Å². The molecule has 0 saturated carbocycles. The maximum Gasteiger partial charge on any atom is 0.330 e. The number of hydrogen-bond donors (Lipinski definition) is 0. The fraction of sp³-hybridized carbons (Fsp3) is 0.727. The third-order valence-corrected chi connectivity index (χ3v) is 3.35. The molecule has 0 N–H and O–H groups in total. The van der Waals surface area contributed by atoms with Crippen LogP contribution >= 0.6 is 11.8 Å². The fourth-order valence-electron chi connectivity index (χ4n) is 1.44. The molecule has 92 valence electrons. The van der Waals surface area contributed by atoms with Gasteiger partial charge in [0.1, 0.15) is 6.61 Å². The maximum atomic E-state index is 10.7. The van der Waals surface area contributed by atoms with Gasteiger partial charge >= 0.3 is 5.97 Å². The third kappa shape index (κ3) is 5.53. The van der Waals surface area contributed by atoms with Crippen LogP contribution in [0.1, 0.15) is 0 Å². The minimum absolute atomic E-state index is 0.304. The summed E-state index contributed by atoms with van der Waals surface area (Å²) in [6.45, 7) is 6.59. The van der Waals surface area contributed by atoms with Crippen molar-refractivity contribution in [2.24, 2.45) is 0 Å². The molecule has 0 spiro atoms. The number of morpholine rings is 1. The summed E-state index contributed by atoms with van der Waals surface area (Å²) in [5.41, 5.74) is 0. The van der Waals surface area contributed by atoms with Crippen LogP contribution in [0, 0.1) is 0 Å². The van der Waals surface area contributed by atoms with Crippen LogP contribution in [-0.4, -0.2) is 61.8 Å². The lowest BCUT2D eigenvalue weighted by atomic mass is 10.3. The number of thioether (sulfide) groups is 1. The number of hydrogen-bond acceptors (Lipinski definition) is 5. The van der Waals surface area contributed by atoms with E-state index in [0.717, 1.165) is 31.2 Å². The molecule has 0 aromatic heterocycles. The Balaban J connectivity index is 1.98. The largest absolute Gasteiger partial charge is 0.462 e. The highest BCUT2D eigenvalue weighted by atomic mass is 32.2. The number of rotatable bonds is 6. The van der Waals surface area contributed by atoms with E-state index in [1.54, 1.807) is 11.8 Å². The third-order valence-electron chi connectivity index (χ3n) is 2.28. The minimum Gasteiger partial charge on any atom is -0.462 e. The van der Waals surface area contributed by atoms with Crippen molar-refractivity contribution in [3.63, 3.8) is 0 Å². The van der Waals surface area contributed by atoms with Gasteiger partial charge in [-0.25, -0.2) is 4.79 Å². The van der Waals surface area contributed by atoms with Gasteiger partial charge in [0.15, 0.2) is 0 Å². The van der Waals surface area contributed by atoms with E-state index in [1.807, 2.05) is 0 Å². The minimum atomic E-state index is -0.353. The van der Waals surface area contributed by atoms with E-state index in [0.29, 0.717) is 12.7 Å². The Labute approximate surface area is 101 Å². The van der Waals surface area contributed by atoms with Crippen molar-refractivity contribution in [1.29, 1.82) is 0 Å². The second kappa shape index (κ2) is 7.70. The number of likely N-dealkylation sites (N-methyl/N-ethyl adjacent to an activating group) is 1. The van der Waals surface area contributed by atoms with Gasteiger partial charge in [-0.1, -0.05) is 6.58 Å². The van der Waals surface area contributed by atoms with E-state index in [1.165, 1.54) is 6.08 Å². The molecule has 1 atom stereocenters. The van der Waals surface area contributed by atoms with Crippen molar-refractivity contribution in [1.82, 2.24) is 4.90 Å². The fourth-order valence-corrected chi connectivity index (χ4v) is 2.27. The van der Waals surface area contributed by atoms with Gasteiger partial charge in [-0.05, 0) is 7.05 Å². The van der Waals surface area contributed by atoms with Crippen molar-refractivity contribution in [3.05, 3.63) is 12.7 Å². The molecular formula is C11H19NO3S. The van der Waals surface area contributed by atoms with Crippen LogP contribution in [0.25, 0.3) is 0 Å². The summed E-state index contributed by atoms with van der Waals surface area (Å²) in [5, 5.41) is 0. The number of carbonyl (C=O) groups excluding carboxylic acids is 1. The second-order valence-electron chi connectivity index (χ2n) is 3.70. The highest BCUT2D eigenvalue weighted by Crippen LogP contribution is 2.10. The van der Waals surface area contributed by atoms with Crippen LogP contribution in [0.4, 0.5) is 0 Å². The molecule has 1 fully saturated rings. The zero-order valence-electron chi connectivity index (χ0n) is 9.68. The summed E-state index contributed by atoms with van der Waals surface area (Å²) in [6, 6.07) is 0. The molecule has 1 heterocycles. The molecule has 0 amide bonds. The first kappa shape index (κ1) is 13.5. The molecule has 1 saturated heterocycles. The average molecular weight is 245 g/mol. The second-order valence-corrected chi connectivity index (χ2v) is 4.85. The molecule has 4 nitrogen and oxygen atoms in total. The zero-order chi connectivity index (χ0) is 11.8. The van der Waals surface area contributed by atoms with Gasteiger partial charge in [-0.15, -0.1) is 0 Å². The van der Waals surface area contributed by atoms with Gasteiger partial charge in [0.05, 0.1) is 12.7 Å². The summed E-state index contributed by atoms with van der Waals surface area (Å²) in [4.78, 5) is 13.0. The Kier molecular flexibility index (Phi) is 6.52. The normalized spacial score (nSPS) is 21.7. The van der Waals surface area contributed by atoms with Crippen LogP contribution in [0.3, 0.4) is 0 Å². The number of esters is 1. The summed E-state index contributed by atoms with van der Waals surface area (Å²) >= 11 is 1.75. The molecule has 0 aromatic carbocycles. The molecule has 0 bridgehead atoms. The Hall–Kier alpha value is -0.520. The molecule has 0 aromatic rings. The van der Waals surface area contributed by atoms with Gasteiger partial charge in [-0.2, -0.15) is 11.8 Å². The van der Waals surface area contributed by atoms with E-state index in [2.05, 4.69) is 18.5 Å². The van der Waals surface area contributed by atoms with E-state index in [9.17, 15) is 4.79 Å². The highest BCUT2D eigenvalue weighted by molar-refractivity contribution is 7.99. The molecule has 1 unspecified atom stereocenters. The Bertz CT molecular complexity index is 235. The lowest BCUT2D eigenvalue weighted by Crippen LogP contribution is -2.41. The average Bonchev–Trinajstić information content (AvgIpc) is 2.28. The smallest absolute Gasteiger partial charge is 0.330 e. The molecule has 16 heavy (non-hydrogen) atoms. The first-order valence-corrected chi connectivity index (χ1v) is 6.55. The van der Waals surface area contributed by atoms with E-state index >= 15 is 0 Å². The predicted octanol–water partition coefficient (Wildman–Crippen LogP) is 0.779. The van der Waals surface area contributed by atoms with Gasteiger partial charge in [-0.3, -0.25) is 0 Å². The quantitative estimate of drug-likeness (QED) is 0.393. The van der Waals surface area contributed by atoms with E-state index < -0.39 is 0 Å². The van der Waals surface area contributed by atoms with E-state index in [-0.39, 0.29) is 5.97 Å². The first-order valence-electron chi connectivity index (χ1n) is 5.39. The highest BCUT2D eigenvalue weighted by Gasteiger charge is 2.17. The first-order chi connectivity index (χ1) is 7.72. The molecule has 0 aliphatic carbocycles. The van der Waals surface area contributed by atoms with Gasteiger partial charge in [0.25, 0.3) is 0 Å². The van der Waals surface area contributed by atoms with Crippen molar-refractivity contribution in [2.45, 2.75) is 6.10 Å². The SMILES string of the molecule is C=CC(=O)OCCSCC1CN(C)CCO1.